The molecule has 5 rings (SSSR count). The fourth-order valence-corrected chi connectivity index (χ4v) is 6.54. The second-order valence-electron chi connectivity index (χ2n) is 8.79. The van der Waals surface area contributed by atoms with Gasteiger partial charge in [0.2, 0.25) is 0 Å². The van der Waals surface area contributed by atoms with Gasteiger partial charge in [0, 0.05) is 23.2 Å². The summed E-state index contributed by atoms with van der Waals surface area (Å²) in [5.41, 5.74) is 2.98. The molecule has 22 heavy (non-hydrogen) atoms. The average Bonchev–Trinajstić information content (AvgIpc) is 3.22. The van der Waals surface area contributed by atoms with Crippen LogP contribution in [0.1, 0.15) is 52.4 Å². The molecule has 0 aliphatic heterocycles. The minimum atomic E-state index is -0.0795. The van der Waals surface area contributed by atoms with Crippen LogP contribution in [0.2, 0.25) is 0 Å². The zero-order chi connectivity index (χ0) is 15.3. The molecule has 0 heterocycles. The Labute approximate surface area is 132 Å². The van der Waals surface area contributed by atoms with Gasteiger partial charge in [0.15, 0.2) is 5.78 Å². The molecule has 0 aromatic carbocycles. The molecule has 0 radical (unpaired) electrons. The van der Waals surface area contributed by atoms with E-state index in [9.17, 15) is 9.59 Å². The van der Waals surface area contributed by atoms with Crippen LogP contribution < -0.4 is 0 Å². The molecule has 0 saturated heterocycles. The maximum atomic E-state index is 12.7. The lowest BCUT2D eigenvalue weighted by molar-refractivity contribution is -0.130. The Hall–Kier alpha value is -1.18. The molecule has 0 N–H and O–H groups in total. The van der Waals surface area contributed by atoms with Gasteiger partial charge < -0.3 is 0 Å². The van der Waals surface area contributed by atoms with Crippen molar-refractivity contribution in [2.75, 3.05) is 0 Å². The minimum Gasteiger partial charge on any atom is -0.299 e. The summed E-state index contributed by atoms with van der Waals surface area (Å²) in [4.78, 5) is 24.5. The normalized spacial score (nSPS) is 52.1. The van der Waals surface area contributed by atoms with Crippen LogP contribution >= 0.6 is 0 Å². The molecular formula is C20H24O2. The Bertz CT molecular complexity index is 669. The van der Waals surface area contributed by atoms with Crippen LogP contribution in [0.15, 0.2) is 23.3 Å². The Morgan fingerprint density at radius 2 is 1.95 bits per heavy atom. The van der Waals surface area contributed by atoms with Gasteiger partial charge in [-0.05, 0) is 55.9 Å². The van der Waals surface area contributed by atoms with E-state index < -0.39 is 0 Å². The summed E-state index contributed by atoms with van der Waals surface area (Å²) in [6, 6.07) is 0. The van der Waals surface area contributed by atoms with Crippen molar-refractivity contribution in [3.05, 3.63) is 23.3 Å². The van der Waals surface area contributed by atoms with Crippen molar-refractivity contribution < 1.29 is 9.59 Å². The molecule has 0 amide bonds. The second-order valence-corrected chi connectivity index (χ2v) is 8.79. The highest BCUT2D eigenvalue weighted by Crippen LogP contribution is 2.70. The molecule has 0 aromatic rings. The van der Waals surface area contributed by atoms with Gasteiger partial charge in [-0.2, -0.15) is 0 Å². The van der Waals surface area contributed by atoms with E-state index >= 15 is 0 Å². The molecule has 2 nitrogen and oxygen atoms in total. The van der Waals surface area contributed by atoms with Crippen molar-refractivity contribution in [2.45, 2.75) is 52.4 Å². The molecule has 116 valence electrons. The zero-order valence-corrected chi connectivity index (χ0v) is 13.5. The number of rotatable bonds is 0. The summed E-state index contributed by atoms with van der Waals surface area (Å²) < 4.78 is 0. The molecule has 2 unspecified atom stereocenters. The highest BCUT2D eigenvalue weighted by atomic mass is 16.1. The van der Waals surface area contributed by atoms with Crippen molar-refractivity contribution in [3.8, 4) is 0 Å². The highest BCUT2D eigenvalue weighted by Gasteiger charge is 2.68. The van der Waals surface area contributed by atoms with Gasteiger partial charge in [-0.1, -0.05) is 31.1 Å². The average molecular weight is 296 g/mol. The Morgan fingerprint density at radius 1 is 1.14 bits per heavy atom. The van der Waals surface area contributed by atoms with Crippen molar-refractivity contribution in [1.82, 2.24) is 0 Å². The SMILES string of the molecule is C[C@]12CCC(=O)C=C1CCC1C2=CC[C@]2(C)C(=O)[C@H]3C[C@H]3C12. The van der Waals surface area contributed by atoms with Gasteiger partial charge in [-0.3, -0.25) is 9.59 Å². The molecule has 2 heteroatoms. The van der Waals surface area contributed by atoms with Crippen molar-refractivity contribution in [3.63, 3.8) is 0 Å². The van der Waals surface area contributed by atoms with E-state index in [1.54, 1.807) is 5.57 Å². The van der Waals surface area contributed by atoms with Crippen LogP contribution in [0.4, 0.5) is 0 Å². The number of fused-ring (bicyclic) bond motifs is 7. The van der Waals surface area contributed by atoms with E-state index in [1.165, 1.54) is 5.57 Å². The number of carbonyl (C=O) groups excluding carboxylic acids is 2. The van der Waals surface area contributed by atoms with Crippen molar-refractivity contribution >= 4 is 11.6 Å². The monoisotopic (exact) mass is 296 g/mol. The largest absolute Gasteiger partial charge is 0.299 e. The van der Waals surface area contributed by atoms with Gasteiger partial charge in [0.05, 0.1) is 0 Å². The summed E-state index contributed by atoms with van der Waals surface area (Å²) in [5.74, 6) is 3.11. The summed E-state index contributed by atoms with van der Waals surface area (Å²) in [6.45, 7) is 4.59. The van der Waals surface area contributed by atoms with Crippen LogP contribution in [-0.4, -0.2) is 11.6 Å². The fraction of sp³-hybridized carbons (Fsp3) is 0.700. The summed E-state index contributed by atoms with van der Waals surface area (Å²) in [7, 11) is 0. The molecule has 6 atom stereocenters. The number of allylic oxidation sites excluding steroid dienone is 4. The number of hydrogen-bond donors (Lipinski definition) is 0. The van der Waals surface area contributed by atoms with Crippen LogP contribution in [0, 0.1) is 34.5 Å². The van der Waals surface area contributed by atoms with Crippen molar-refractivity contribution in [1.29, 1.82) is 0 Å². The predicted octanol–water partition coefficient (Wildman–Crippen LogP) is 3.86. The van der Waals surface area contributed by atoms with Gasteiger partial charge in [0.1, 0.15) is 5.78 Å². The number of Topliss-reactive ketones (excluding diaryl/α,β-unsaturated/α-hetero) is 1. The van der Waals surface area contributed by atoms with Gasteiger partial charge >= 0.3 is 0 Å². The smallest absolute Gasteiger partial charge is 0.155 e. The first-order chi connectivity index (χ1) is 10.4. The third kappa shape index (κ3) is 1.38. The molecule has 0 bridgehead atoms. The van der Waals surface area contributed by atoms with Crippen LogP contribution in [0.25, 0.3) is 0 Å². The summed E-state index contributed by atoms with van der Waals surface area (Å²) in [5, 5.41) is 0. The first kappa shape index (κ1) is 13.3. The Balaban J connectivity index is 1.61. The Morgan fingerprint density at radius 3 is 2.77 bits per heavy atom. The fourth-order valence-electron chi connectivity index (χ4n) is 6.54. The zero-order valence-electron chi connectivity index (χ0n) is 13.5. The first-order valence-electron chi connectivity index (χ1n) is 8.94. The molecule has 5 aliphatic rings. The molecule has 5 aliphatic carbocycles. The van der Waals surface area contributed by atoms with Crippen LogP contribution in [0.5, 0.6) is 0 Å². The molecule has 3 fully saturated rings. The standard InChI is InChI=1S/C20H24O2/c1-19-7-5-12(21)9-11(19)3-4-13-16(19)6-8-20(2)17(13)14-10-15(14)18(20)22/h6,9,13-15,17H,3-5,7-8,10H2,1-2H3/t13?,14-,15+,17?,19+,20+/m1/s1. The van der Waals surface area contributed by atoms with E-state index in [0.717, 1.165) is 32.1 Å². The molecular weight excluding hydrogens is 272 g/mol. The summed E-state index contributed by atoms with van der Waals surface area (Å²) >= 11 is 0. The third-order valence-corrected chi connectivity index (χ3v) is 7.79. The lowest BCUT2D eigenvalue weighted by atomic mass is 9.51. The highest BCUT2D eigenvalue weighted by molar-refractivity contribution is 5.94. The lowest BCUT2D eigenvalue weighted by Gasteiger charge is -2.52. The van der Waals surface area contributed by atoms with Crippen molar-refractivity contribution in [2.24, 2.45) is 34.5 Å². The third-order valence-electron chi connectivity index (χ3n) is 7.79. The quantitative estimate of drug-likeness (QED) is 0.636. The second kappa shape index (κ2) is 3.83. The van der Waals surface area contributed by atoms with E-state index in [4.69, 9.17) is 0 Å². The summed E-state index contributed by atoms with van der Waals surface area (Å²) in [6.07, 6.45) is 10.3. The molecule has 0 spiro atoms. The maximum Gasteiger partial charge on any atom is 0.155 e. The van der Waals surface area contributed by atoms with Gasteiger partial charge in [0.25, 0.3) is 0 Å². The number of ketones is 2. The molecule has 3 saturated carbocycles. The van der Waals surface area contributed by atoms with Gasteiger partial charge in [-0.15, -0.1) is 0 Å². The predicted molar refractivity (Wildman–Crippen MR) is 84.1 cm³/mol. The maximum absolute atomic E-state index is 12.7. The van der Waals surface area contributed by atoms with E-state index in [2.05, 4.69) is 19.9 Å². The van der Waals surface area contributed by atoms with E-state index in [-0.39, 0.29) is 10.8 Å². The van der Waals surface area contributed by atoms with Crippen LogP contribution in [0.3, 0.4) is 0 Å². The lowest BCUT2D eigenvalue weighted by Crippen LogP contribution is -2.46. The van der Waals surface area contributed by atoms with E-state index in [1.807, 2.05) is 6.08 Å². The number of hydrogen-bond acceptors (Lipinski definition) is 2. The number of carbonyl (C=O) groups is 2. The molecule has 0 aromatic heterocycles. The topological polar surface area (TPSA) is 34.1 Å². The first-order valence-corrected chi connectivity index (χ1v) is 8.94. The van der Waals surface area contributed by atoms with E-state index in [0.29, 0.717) is 41.7 Å². The van der Waals surface area contributed by atoms with Crippen LogP contribution in [-0.2, 0) is 9.59 Å². The Kier molecular flexibility index (Phi) is 2.31. The minimum absolute atomic E-state index is 0.0795. The van der Waals surface area contributed by atoms with Gasteiger partial charge in [-0.25, -0.2) is 0 Å².